The molecule has 1 aliphatic carbocycles. The van der Waals surface area contributed by atoms with E-state index in [1.54, 1.807) is 25.1 Å². The van der Waals surface area contributed by atoms with Crippen molar-refractivity contribution in [3.05, 3.63) is 65.2 Å². The molecular weight excluding hydrogens is 474 g/mol. The van der Waals surface area contributed by atoms with E-state index in [1.165, 1.54) is 17.4 Å². The second-order valence-electron chi connectivity index (χ2n) is 8.78. The monoisotopic (exact) mass is 505 g/mol. The number of sulfonamides is 1. The molecule has 1 unspecified atom stereocenters. The molecule has 3 rings (SSSR count). The molecule has 1 aliphatic rings. The maximum absolute atomic E-state index is 13.5. The van der Waals surface area contributed by atoms with E-state index < -0.39 is 28.5 Å². The first-order valence-electron chi connectivity index (χ1n) is 11.5. The van der Waals surface area contributed by atoms with Gasteiger partial charge in [0.15, 0.2) is 0 Å². The number of rotatable bonds is 9. The van der Waals surface area contributed by atoms with E-state index in [0.717, 1.165) is 41.8 Å². The van der Waals surface area contributed by atoms with Crippen LogP contribution in [0.4, 0.5) is 5.69 Å². The van der Waals surface area contributed by atoms with Crippen molar-refractivity contribution in [2.24, 2.45) is 0 Å². The quantitative estimate of drug-likeness (QED) is 0.558. The second-order valence-corrected chi connectivity index (χ2v) is 11.1. The lowest BCUT2D eigenvalue weighted by molar-refractivity contribution is -0.139. The predicted octanol–water partition coefficient (Wildman–Crippen LogP) is 3.97. The minimum absolute atomic E-state index is 0.108. The summed E-state index contributed by atoms with van der Waals surface area (Å²) in [5.74, 6) is -0.703. The summed E-state index contributed by atoms with van der Waals surface area (Å²) < 4.78 is 26.1. The summed E-state index contributed by atoms with van der Waals surface area (Å²) in [5, 5.41) is 3.44. The molecular formula is C25H32ClN3O4S. The van der Waals surface area contributed by atoms with Crippen LogP contribution >= 0.6 is 11.6 Å². The van der Waals surface area contributed by atoms with Gasteiger partial charge in [0.05, 0.1) is 11.9 Å². The summed E-state index contributed by atoms with van der Waals surface area (Å²) >= 11 is 6.06. The van der Waals surface area contributed by atoms with E-state index in [0.29, 0.717) is 10.7 Å². The Balaban J connectivity index is 1.84. The highest BCUT2D eigenvalue weighted by atomic mass is 35.5. The van der Waals surface area contributed by atoms with E-state index in [1.807, 2.05) is 30.3 Å². The number of benzene rings is 2. The molecule has 0 aliphatic heterocycles. The number of hydrogen-bond donors (Lipinski definition) is 1. The van der Waals surface area contributed by atoms with Crippen molar-refractivity contribution in [2.75, 3.05) is 17.1 Å². The zero-order chi connectivity index (χ0) is 24.7. The van der Waals surface area contributed by atoms with E-state index in [2.05, 4.69) is 5.32 Å². The molecule has 9 heteroatoms. The van der Waals surface area contributed by atoms with E-state index >= 15 is 0 Å². The maximum atomic E-state index is 13.5. The standard InChI is InChI=1S/C25H32ClN3O4S/c1-19(25(31)27-22-13-7-4-8-14-22)28(17-20-10-5-3-6-11-20)24(30)18-29(34(2,32)33)23-15-9-12-21(26)16-23/h3,5-6,9-12,15-16,19,22H,4,7-8,13-14,17-18H2,1-2H3,(H,27,31). The van der Waals surface area contributed by atoms with Gasteiger partial charge in [0, 0.05) is 17.6 Å². The van der Waals surface area contributed by atoms with Crippen LogP contribution in [0, 0.1) is 0 Å². The molecule has 184 valence electrons. The first-order valence-corrected chi connectivity index (χ1v) is 13.7. The number of hydrogen-bond acceptors (Lipinski definition) is 4. The molecule has 0 radical (unpaired) electrons. The minimum Gasteiger partial charge on any atom is -0.352 e. The van der Waals surface area contributed by atoms with Crippen LogP contribution < -0.4 is 9.62 Å². The molecule has 1 N–H and O–H groups in total. The number of nitrogens with zero attached hydrogens (tertiary/aromatic N) is 2. The van der Waals surface area contributed by atoms with Crippen molar-refractivity contribution < 1.29 is 18.0 Å². The third kappa shape index (κ3) is 7.21. The van der Waals surface area contributed by atoms with Crippen LogP contribution in [-0.4, -0.2) is 50.0 Å². The average Bonchev–Trinajstić information content (AvgIpc) is 2.81. The number of halogens is 1. The van der Waals surface area contributed by atoms with E-state index in [4.69, 9.17) is 11.6 Å². The minimum atomic E-state index is -3.78. The van der Waals surface area contributed by atoms with E-state index in [9.17, 15) is 18.0 Å². The normalized spacial score (nSPS) is 15.4. The topological polar surface area (TPSA) is 86.8 Å². The van der Waals surface area contributed by atoms with Crippen LogP contribution in [0.5, 0.6) is 0 Å². The Morgan fingerprint density at radius 3 is 2.35 bits per heavy atom. The first-order chi connectivity index (χ1) is 16.1. The predicted molar refractivity (Wildman–Crippen MR) is 135 cm³/mol. The highest BCUT2D eigenvalue weighted by Crippen LogP contribution is 2.23. The van der Waals surface area contributed by atoms with Gasteiger partial charge in [-0.25, -0.2) is 8.42 Å². The van der Waals surface area contributed by atoms with Crippen molar-refractivity contribution >= 4 is 39.1 Å². The molecule has 0 aromatic heterocycles. The fourth-order valence-corrected chi connectivity index (χ4v) is 5.20. The van der Waals surface area contributed by atoms with Gasteiger partial charge in [-0.2, -0.15) is 0 Å². The Labute approximate surface area is 207 Å². The third-order valence-electron chi connectivity index (χ3n) is 6.09. The van der Waals surface area contributed by atoms with Gasteiger partial charge < -0.3 is 10.2 Å². The summed E-state index contributed by atoms with van der Waals surface area (Å²) in [4.78, 5) is 28.0. The molecule has 0 bridgehead atoms. The number of carbonyl (C=O) groups is 2. The molecule has 7 nitrogen and oxygen atoms in total. The molecule has 2 aromatic rings. The zero-order valence-electron chi connectivity index (χ0n) is 19.6. The number of anilines is 1. The van der Waals surface area contributed by atoms with Gasteiger partial charge >= 0.3 is 0 Å². The molecule has 1 saturated carbocycles. The summed E-state index contributed by atoms with van der Waals surface area (Å²) in [6.45, 7) is 1.43. The summed E-state index contributed by atoms with van der Waals surface area (Å²) in [5.41, 5.74) is 1.14. The molecule has 0 heterocycles. The van der Waals surface area contributed by atoms with Crippen LogP contribution in [0.1, 0.15) is 44.6 Å². The van der Waals surface area contributed by atoms with Gasteiger partial charge in [-0.15, -0.1) is 0 Å². The van der Waals surface area contributed by atoms with Crippen molar-refractivity contribution in [3.63, 3.8) is 0 Å². The molecule has 0 saturated heterocycles. The van der Waals surface area contributed by atoms with Gasteiger partial charge in [0.1, 0.15) is 12.6 Å². The zero-order valence-corrected chi connectivity index (χ0v) is 21.2. The maximum Gasteiger partial charge on any atom is 0.244 e. The summed E-state index contributed by atoms with van der Waals surface area (Å²) in [6, 6.07) is 15.0. The molecule has 34 heavy (non-hydrogen) atoms. The Bertz CT molecular complexity index is 1090. The van der Waals surface area contributed by atoms with Crippen molar-refractivity contribution in [2.45, 2.75) is 57.7 Å². The Hall–Kier alpha value is -2.58. The lowest BCUT2D eigenvalue weighted by atomic mass is 9.95. The van der Waals surface area contributed by atoms with Crippen LogP contribution in [0.2, 0.25) is 5.02 Å². The fraction of sp³-hybridized carbons (Fsp3) is 0.440. The van der Waals surface area contributed by atoms with Crippen molar-refractivity contribution in [3.8, 4) is 0 Å². The summed E-state index contributed by atoms with van der Waals surface area (Å²) in [6.07, 6.45) is 6.24. The van der Waals surface area contributed by atoms with Crippen LogP contribution in [0.15, 0.2) is 54.6 Å². The molecule has 1 fully saturated rings. The SMILES string of the molecule is CC(C(=O)NC1CCCCC1)N(Cc1ccccc1)C(=O)CN(c1cccc(Cl)c1)S(C)(=O)=O. The van der Waals surface area contributed by atoms with Crippen LogP contribution in [-0.2, 0) is 26.2 Å². The second kappa shape index (κ2) is 11.7. The van der Waals surface area contributed by atoms with Crippen LogP contribution in [0.3, 0.4) is 0 Å². The van der Waals surface area contributed by atoms with Gasteiger partial charge in [0.2, 0.25) is 21.8 Å². The Morgan fingerprint density at radius 1 is 1.06 bits per heavy atom. The molecule has 2 aromatic carbocycles. The smallest absolute Gasteiger partial charge is 0.244 e. The van der Waals surface area contributed by atoms with E-state index in [-0.39, 0.29) is 18.5 Å². The fourth-order valence-electron chi connectivity index (χ4n) is 4.18. The Kier molecular flexibility index (Phi) is 8.97. The van der Waals surface area contributed by atoms with Crippen molar-refractivity contribution in [1.82, 2.24) is 10.2 Å². The highest BCUT2D eigenvalue weighted by molar-refractivity contribution is 7.92. The summed E-state index contributed by atoms with van der Waals surface area (Å²) in [7, 11) is -3.78. The van der Waals surface area contributed by atoms with Gasteiger partial charge in [-0.1, -0.05) is 67.3 Å². The highest BCUT2D eigenvalue weighted by Gasteiger charge is 2.31. The van der Waals surface area contributed by atoms with Crippen LogP contribution in [0.25, 0.3) is 0 Å². The van der Waals surface area contributed by atoms with Gasteiger partial charge in [-0.05, 0) is 43.5 Å². The number of carbonyl (C=O) groups excluding carboxylic acids is 2. The lowest BCUT2D eigenvalue weighted by Crippen LogP contribution is -2.52. The molecule has 0 spiro atoms. The van der Waals surface area contributed by atoms with Gasteiger partial charge in [-0.3, -0.25) is 13.9 Å². The molecule has 2 amide bonds. The Morgan fingerprint density at radius 2 is 1.74 bits per heavy atom. The third-order valence-corrected chi connectivity index (χ3v) is 7.47. The number of amides is 2. The molecule has 1 atom stereocenters. The van der Waals surface area contributed by atoms with Crippen molar-refractivity contribution in [1.29, 1.82) is 0 Å². The lowest BCUT2D eigenvalue weighted by Gasteiger charge is -2.33. The average molecular weight is 506 g/mol. The first kappa shape index (κ1) is 26.0. The van der Waals surface area contributed by atoms with Gasteiger partial charge in [0.25, 0.3) is 0 Å². The largest absolute Gasteiger partial charge is 0.352 e. The number of nitrogens with one attached hydrogen (secondary N) is 1.